The first kappa shape index (κ1) is 26.0. The third kappa shape index (κ3) is 7.44. The van der Waals surface area contributed by atoms with Crippen molar-refractivity contribution in [3.8, 4) is 22.5 Å². The summed E-state index contributed by atoms with van der Waals surface area (Å²) in [5.74, 6) is -2.13. The summed E-state index contributed by atoms with van der Waals surface area (Å²) in [6.07, 6.45) is 6.50. The zero-order valence-electron chi connectivity index (χ0n) is 18.8. The predicted molar refractivity (Wildman–Crippen MR) is 130 cm³/mol. The zero-order valence-corrected chi connectivity index (χ0v) is 19.6. The number of β-amino-alcohol motifs (C(OH)–C–C–N with tert-alkyl or cyclic N) is 1. The Labute approximate surface area is 206 Å². The molecule has 10 nitrogen and oxygen atoms in total. The molecule has 3 heterocycles. The number of H-pyrrole nitrogens is 1. The molecule has 0 saturated carbocycles. The SMILES string of the molecule is O=C(O)/C=C/C(=O)O.OCCN1CCC(c2[nH]nc(-c3ccc(Cl)cc3)c2-c2ccncn2)CC1. The van der Waals surface area contributed by atoms with Gasteiger partial charge in [-0.3, -0.25) is 5.10 Å². The number of nitrogens with one attached hydrogen (secondary N) is 1. The number of halogens is 1. The van der Waals surface area contributed by atoms with Gasteiger partial charge in [0.1, 0.15) is 12.0 Å². The van der Waals surface area contributed by atoms with E-state index in [1.165, 1.54) is 0 Å². The number of carboxylic acids is 2. The van der Waals surface area contributed by atoms with Gasteiger partial charge in [0, 0.05) is 52.7 Å². The van der Waals surface area contributed by atoms with Crippen molar-refractivity contribution in [1.29, 1.82) is 0 Å². The number of hydrogen-bond donors (Lipinski definition) is 4. The lowest BCUT2D eigenvalue weighted by molar-refractivity contribution is -0.134. The van der Waals surface area contributed by atoms with Crippen molar-refractivity contribution in [2.45, 2.75) is 18.8 Å². The molecule has 35 heavy (non-hydrogen) atoms. The van der Waals surface area contributed by atoms with E-state index in [1.807, 2.05) is 30.3 Å². The molecule has 0 unspecified atom stereocenters. The molecule has 1 fully saturated rings. The van der Waals surface area contributed by atoms with Crippen LogP contribution in [0.3, 0.4) is 0 Å². The molecule has 0 aliphatic carbocycles. The van der Waals surface area contributed by atoms with Crippen LogP contribution in [0.15, 0.2) is 55.0 Å². The molecule has 3 aromatic rings. The van der Waals surface area contributed by atoms with Gasteiger partial charge >= 0.3 is 11.9 Å². The maximum Gasteiger partial charge on any atom is 0.328 e. The van der Waals surface area contributed by atoms with Crippen LogP contribution in [0.2, 0.25) is 5.02 Å². The van der Waals surface area contributed by atoms with E-state index < -0.39 is 11.9 Å². The minimum atomic E-state index is -1.26. The monoisotopic (exact) mass is 499 g/mol. The fourth-order valence-corrected chi connectivity index (χ4v) is 4.02. The number of aliphatic carboxylic acids is 2. The van der Waals surface area contributed by atoms with Crippen molar-refractivity contribution < 1.29 is 24.9 Å². The average Bonchev–Trinajstić information content (AvgIpc) is 3.30. The Kier molecular flexibility index (Phi) is 9.47. The molecule has 11 heteroatoms. The summed E-state index contributed by atoms with van der Waals surface area (Å²) >= 11 is 6.05. The van der Waals surface area contributed by atoms with Crippen molar-refractivity contribution >= 4 is 23.5 Å². The molecular formula is C24H26ClN5O5. The highest BCUT2D eigenvalue weighted by atomic mass is 35.5. The summed E-state index contributed by atoms with van der Waals surface area (Å²) in [7, 11) is 0. The van der Waals surface area contributed by atoms with Gasteiger partial charge in [0.25, 0.3) is 0 Å². The lowest BCUT2D eigenvalue weighted by Gasteiger charge is -2.31. The summed E-state index contributed by atoms with van der Waals surface area (Å²) in [4.78, 5) is 29.9. The van der Waals surface area contributed by atoms with Crippen molar-refractivity contribution in [2.24, 2.45) is 0 Å². The standard InChI is InChI=1S/C20H22ClN5O.C4H4O4/c21-16-3-1-14(2-4-16)19-18(17-5-8-22-13-23-17)20(25-24-19)15-6-9-26(10-7-15)11-12-27;5-3(6)1-2-4(7)8/h1-5,8,13,15,27H,6-7,9-12H2,(H,24,25);1-2H,(H,5,6)(H,7,8)/b;2-1+. The Hall–Kier alpha value is -3.60. The maximum absolute atomic E-state index is 9.55. The number of aliphatic hydroxyl groups is 1. The normalized spacial score (nSPS) is 14.5. The second kappa shape index (κ2) is 12.7. The van der Waals surface area contributed by atoms with Crippen LogP contribution in [0.25, 0.3) is 22.5 Å². The zero-order chi connectivity index (χ0) is 25.2. The topological polar surface area (TPSA) is 153 Å². The molecule has 0 amide bonds. The quantitative estimate of drug-likeness (QED) is 0.359. The van der Waals surface area contributed by atoms with Crippen LogP contribution in [0.1, 0.15) is 24.5 Å². The molecule has 0 spiro atoms. The molecule has 1 aliphatic heterocycles. The molecular weight excluding hydrogens is 474 g/mol. The molecule has 1 aromatic carbocycles. The van der Waals surface area contributed by atoms with Crippen LogP contribution in [0, 0.1) is 0 Å². The highest BCUT2D eigenvalue weighted by Gasteiger charge is 2.27. The van der Waals surface area contributed by atoms with E-state index in [2.05, 4.69) is 25.1 Å². The number of carbonyl (C=O) groups is 2. The Morgan fingerprint density at radius 3 is 2.29 bits per heavy atom. The summed E-state index contributed by atoms with van der Waals surface area (Å²) < 4.78 is 0. The molecule has 2 aromatic heterocycles. The number of piperidine rings is 1. The molecule has 1 aliphatic rings. The van der Waals surface area contributed by atoms with Gasteiger partial charge in [-0.25, -0.2) is 19.6 Å². The average molecular weight is 500 g/mol. The number of hydrogen-bond acceptors (Lipinski definition) is 7. The summed E-state index contributed by atoms with van der Waals surface area (Å²) in [5.41, 5.74) is 4.94. The van der Waals surface area contributed by atoms with Crippen LogP contribution in [-0.2, 0) is 9.59 Å². The highest BCUT2D eigenvalue weighted by Crippen LogP contribution is 2.39. The Balaban J connectivity index is 0.000000371. The van der Waals surface area contributed by atoms with E-state index in [1.54, 1.807) is 12.5 Å². The number of likely N-dealkylation sites (tertiary alicyclic amines) is 1. The highest BCUT2D eigenvalue weighted by molar-refractivity contribution is 6.30. The molecule has 1 saturated heterocycles. The third-order valence-electron chi connectivity index (χ3n) is 5.53. The largest absolute Gasteiger partial charge is 0.478 e. The minimum absolute atomic E-state index is 0.210. The smallest absolute Gasteiger partial charge is 0.328 e. The van der Waals surface area contributed by atoms with Crippen LogP contribution < -0.4 is 0 Å². The van der Waals surface area contributed by atoms with E-state index >= 15 is 0 Å². The van der Waals surface area contributed by atoms with Gasteiger partial charge in [-0.1, -0.05) is 23.7 Å². The molecule has 0 radical (unpaired) electrons. The Morgan fingerprint density at radius 1 is 1.09 bits per heavy atom. The molecule has 4 N–H and O–H groups in total. The summed E-state index contributed by atoms with van der Waals surface area (Å²) in [6.45, 7) is 2.90. The molecule has 4 rings (SSSR count). The first-order valence-corrected chi connectivity index (χ1v) is 11.3. The number of aliphatic hydroxyl groups excluding tert-OH is 1. The summed E-state index contributed by atoms with van der Waals surface area (Å²) in [6, 6.07) is 9.65. The number of aromatic amines is 1. The summed E-state index contributed by atoms with van der Waals surface area (Å²) in [5, 5.41) is 33.4. The number of benzene rings is 1. The fourth-order valence-electron chi connectivity index (χ4n) is 3.89. The van der Waals surface area contributed by atoms with Crippen molar-refractivity contribution in [1.82, 2.24) is 25.1 Å². The number of carboxylic acid groups (broad SMARTS) is 2. The van der Waals surface area contributed by atoms with Gasteiger partial charge in [-0.15, -0.1) is 0 Å². The van der Waals surface area contributed by atoms with Crippen molar-refractivity contribution in [3.63, 3.8) is 0 Å². The van der Waals surface area contributed by atoms with E-state index in [-0.39, 0.29) is 6.61 Å². The fraction of sp³-hybridized carbons (Fsp3) is 0.292. The number of aromatic nitrogens is 4. The second-order valence-electron chi connectivity index (χ2n) is 7.81. The lowest BCUT2D eigenvalue weighted by atomic mass is 9.89. The van der Waals surface area contributed by atoms with Crippen LogP contribution in [-0.4, -0.2) is 78.6 Å². The first-order chi connectivity index (χ1) is 16.9. The van der Waals surface area contributed by atoms with Crippen LogP contribution >= 0.6 is 11.6 Å². The van der Waals surface area contributed by atoms with E-state index in [9.17, 15) is 9.59 Å². The van der Waals surface area contributed by atoms with Gasteiger partial charge in [0.2, 0.25) is 0 Å². The van der Waals surface area contributed by atoms with Gasteiger partial charge in [-0.2, -0.15) is 5.10 Å². The molecule has 0 bridgehead atoms. The lowest BCUT2D eigenvalue weighted by Crippen LogP contribution is -2.35. The van der Waals surface area contributed by atoms with E-state index in [4.69, 9.17) is 26.9 Å². The Bertz CT molecular complexity index is 1130. The van der Waals surface area contributed by atoms with Crippen molar-refractivity contribution in [3.05, 3.63) is 65.7 Å². The van der Waals surface area contributed by atoms with Crippen molar-refractivity contribution in [2.75, 3.05) is 26.2 Å². The van der Waals surface area contributed by atoms with Gasteiger partial charge in [0.15, 0.2) is 0 Å². The van der Waals surface area contributed by atoms with Crippen LogP contribution in [0.4, 0.5) is 0 Å². The van der Waals surface area contributed by atoms with E-state index in [0.29, 0.717) is 23.1 Å². The van der Waals surface area contributed by atoms with Gasteiger partial charge in [-0.05, 0) is 44.1 Å². The van der Waals surface area contributed by atoms with E-state index in [0.717, 1.165) is 60.7 Å². The number of rotatable bonds is 7. The minimum Gasteiger partial charge on any atom is -0.478 e. The first-order valence-electron chi connectivity index (χ1n) is 11.0. The number of nitrogens with zero attached hydrogens (tertiary/aromatic N) is 4. The molecule has 0 atom stereocenters. The Morgan fingerprint density at radius 2 is 1.74 bits per heavy atom. The molecule has 184 valence electrons. The van der Waals surface area contributed by atoms with Gasteiger partial charge in [0.05, 0.1) is 12.3 Å². The van der Waals surface area contributed by atoms with Gasteiger partial charge < -0.3 is 20.2 Å². The third-order valence-corrected chi connectivity index (χ3v) is 5.78. The second-order valence-corrected chi connectivity index (χ2v) is 8.25. The van der Waals surface area contributed by atoms with Crippen LogP contribution in [0.5, 0.6) is 0 Å². The maximum atomic E-state index is 9.55. The predicted octanol–water partition coefficient (Wildman–Crippen LogP) is 3.07.